The molecule has 5 heteroatoms. The Morgan fingerprint density at radius 1 is 0.958 bits per heavy atom. The zero-order chi connectivity index (χ0) is 16.9. The number of aliphatic carboxylic acids is 1. The van der Waals surface area contributed by atoms with Crippen LogP contribution in [0.15, 0.2) is 54.6 Å². The molecule has 0 unspecified atom stereocenters. The molecule has 2 aromatic rings. The number of para-hydroxylation sites is 3. The van der Waals surface area contributed by atoms with E-state index in [0.717, 1.165) is 0 Å². The fourth-order valence-electron chi connectivity index (χ4n) is 2.95. The van der Waals surface area contributed by atoms with Crippen LogP contribution in [0.2, 0.25) is 0 Å². The topological polar surface area (TPSA) is 75.6 Å². The lowest BCUT2D eigenvalue weighted by molar-refractivity contribution is -0.141. The lowest BCUT2D eigenvalue weighted by atomic mass is 10.0. The van der Waals surface area contributed by atoms with Gasteiger partial charge in [-0.15, -0.1) is 0 Å². The number of carboxylic acid groups (broad SMARTS) is 1. The van der Waals surface area contributed by atoms with Crippen molar-refractivity contribution in [2.45, 2.75) is 19.3 Å². The summed E-state index contributed by atoms with van der Waals surface area (Å²) in [5.74, 6) is -0.413. The van der Waals surface area contributed by atoms with E-state index in [-0.39, 0.29) is 11.8 Å². The molecule has 1 aliphatic carbocycles. The van der Waals surface area contributed by atoms with Crippen molar-refractivity contribution in [1.82, 2.24) is 0 Å². The van der Waals surface area contributed by atoms with Gasteiger partial charge in [-0.25, -0.2) is 0 Å². The Kier molecular flexibility index (Phi) is 4.79. The van der Waals surface area contributed by atoms with Gasteiger partial charge in [-0.05, 0) is 43.5 Å². The maximum Gasteiger partial charge on any atom is 0.306 e. The third-order valence-electron chi connectivity index (χ3n) is 4.27. The molecule has 1 saturated carbocycles. The van der Waals surface area contributed by atoms with Crippen molar-refractivity contribution in [1.29, 1.82) is 0 Å². The summed E-state index contributed by atoms with van der Waals surface area (Å²) in [4.78, 5) is 23.5. The second-order valence-electron chi connectivity index (χ2n) is 5.95. The molecule has 2 atom stereocenters. The lowest BCUT2D eigenvalue weighted by Crippen LogP contribution is -2.22. The molecular formula is C19H19NO4. The number of carboxylic acids is 1. The second-order valence-corrected chi connectivity index (χ2v) is 5.95. The minimum atomic E-state index is -0.821. The van der Waals surface area contributed by atoms with Gasteiger partial charge >= 0.3 is 5.97 Å². The maximum absolute atomic E-state index is 12.4. The predicted octanol–water partition coefficient (Wildman–Crippen LogP) is 3.92. The summed E-state index contributed by atoms with van der Waals surface area (Å²) < 4.78 is 5.82. The van der Waals surface area contributed by atoms with Crippen molar-refractivity contribution in [2.24, 2.45) is 11.8 Å². The molecule has 5 nitrogen and oxygen atoms in total. The van der Waals surface area contributed by atoms with E-state index in [4.69, 9.17) is 9.84 Å². The molecule has 0 bridgehead atoms. The maximum atomic E-state index is 12.4. The van der Waals surface area contributed by atoms with Crippen molar-refractivity contribution in [3.8, 4) is 11.5 Å². The smallest absolute Gasteiger partial charge is 0.306 e. The number of carbonyl (C=O) groups excluding carboxylic acids is 1. The SMILES string of the molecule is O=C(O)[C@@H]1CC[C@H](C(=O)Nc2ccccc2Oc2ccccc2)C1. The Labute approximate surface area is 140 Å². The monoisotopic (exact) mass is 325 g/mol. The highest BCUT2D eigenvalue weighted by Gasteiger charge is 2.34. The molecule has 0 saturated heterocycles. The Hall–Kier alpha value is -2.82. The van der Waals surface area contributed by atoms with Crippen LogP contribution >= 0.6 is 0 Å². The first-order valence-corrected chi connectivity index (χ1v) is 7.99. The number of anilines is 1. The summed E-state index contributed by atoms with van der Waals surface area (Å²) in [6.07, 6.45) is 1.54. The van der Waals surface area contributed by atoms with Crippen molar-refractivity contribution in [2.75, 3.05) is 5.32 Å². The third-order valence-corrected chi connectivity index (χ3v) is 4.27. The fraction of sp³-hybridized carbons (Fsp3) is 0.263. The highest BCUT2D eigenvalue weighted by molar-refractivity contribution is 5.94. The van der Waals surface area contributed by atoms with E-state index in [2.05, 4.69) is 5.32 Å². The van der Waals surface area contributed by atoms with Crippen LogP contribution < -0.4 is 10.1 Å². The summed E-state index contributed by atoms with van der Waals surface area (Å²) >= 11 is 0. The molecule has 3 rings (SSSR count). The molecule has 2 N–H and O–H groups in total. The molecular weight excluding hydrogens is 306 g/mol. The van der Waals surface area contributed by atoms with Gasteiger partial charge in [-0.1, -0.05) is 30.3 Å². The van der Waals surface area contributed by atoms with E-state index in [1.807, 2.05) is 42.5 Å². The first-order chi connectivity index (χ1) is 11.6. The molecule has 0 heterocycles. The van der Waals surface area contributed by atoms with E-state index in [1.165, 1.54) is 0 Å². The quantitative estimate of drug-likeness (QED) is 0.873. The average molecular weight is 325 g/mol. The number of hydrogen-bond acceptors (Lipinski definition) is 3. The summed E-state index contributed by atoms with van der Waals surface area (Å²) in [5.41, 5.74) is 0.588. The zero-order valence-corrected chi connectivity index (χ0v) is 13.1. The van der Waals surface area contributed by atoms with Gasteiger partial charge in [0, 0.05) is 5.92 Å². The number of ether oxygens (including phenoxy) is 1. The van der Waals surface area contributed by atoms with Crippen molar-refractivity contribution >= 4 is 17.6 Å². The van der Waals surface area contributed by atoms with E-state index in [9.17, 15) is 9.59 Å². The molecule has 1 aliphatic rings. The van der Waals surface area contributed by atoms with Gasteiger partial charge in [0.05, 0.1) is 11.6 Å². The summed E-state index contributed by atoms with van der Waals surface area (Å²) in [6.45, 7) is 0. The normalized spacial score (nSPS) is 19.7. The minimum Gasteiger partial charge on any atom is -0.481 e. The van der Waals surface area contributed by atoms with Crippen LogP contribution in [0.5, 0.6) is 11.5 Å². The van der Waals surface area contributed by atoms with Crippen LogP contribution in [0.1, 0.15) is 19.3 Å². The number of hydrogen-bond donors (Lipinski definition) is 2. The van der Waals surface area contributed by atoms with E-state index in [1.54, 1.807) is 12.1 Å². The average Bonchev–Trinajstić information content (AvgIpc) is 3.08. The number of benzene rings is 2. The molecule has 0 spiro atoms. The lowest BCUT2D eigenvalue weighted by Gasteiger charge is -2.14. The highest BCUT2D eigenvalue weighted by Crippen LogP contribution is 2.34. The Morgan fingerprint density at radius 3 is 2.33 bits per heavy atom. The van der Waals surface area contributed by atoms with Crippen LogP contribution in [0.25, 0.3) is 0 Å². The van der Waals surface area contributed by atoms with E-state index in [0.29, 0.717) is 36.4 Å². The zero-order valence-electron chi connectivity index (χ0n) is 13.1. The van der Waals surface area contributed by atoms with Gasteiger partial charge < -0.3 is 15.2 Å². The molecule has 0 aliphatic heterocycles. The third kappa shape index (κ3) is 3.74. The van der Waals surface area contributed by atoms with Crippen LogP contribution in [0.4, 0.5) is 5.69 Å². The Bertz CT molecular complexity index is 729. The number of nitrogens with one attached hydrogen (secondary N) is 1. The number of carbonyl (C=O) groups is 2. The first-order valence-electron chi connectivity index (χ1n) is 7.99. The van der Waals surface area contributed by atoms with Crippen LogP contribution in [-0.2, 0) is 9.59 Å². The van der Waals surface area contributed by atoms with Crippen LogP contribution in [0, 0.1) is 11.8 Å². The van der Waals surface area contributed by atoms with Gasteiger partial charge in [-0.3, -0.25) is 9.59 Å². The second kappa shape index (κ2) is 7.17. The molecule has 124 valence electrons. The van der Waals surface area contributed by atoms with E-state index >= 15 is 0 Å². The first kappa shape index (κ1) is 16.1. The Balaban J connectivity index is 1.69. The number of amides is 1. The molecule has 1 fully saturated rings. The van der Waals surface area contributed by atoms with Gasteiger partial charge in [0.2, 0.25) is 5.91 Å². The highest BCUT2D eigenvalue weighted by atomic mass is 16.5. The van der Waals surface area contributed by atoms with Crippen molar-refractivity contribution in [3.63, 3.8) is 0 Å². The molecule has 2 aromatic carbocycles. The molecule has 24 heavy (non-hydrogen) atoms. The van der Waals surface area contributed by atoms with Gasteiger partial charge in [0.15, 0.2) is 5.75 Å². The van der Waals surface area contributed by atoms with E-state index < -0.39 is 11.9 Å². The number of rotatable bonds is 5. The molecule has 0 aromatic heterocycles. The minimum absolute atomic E-state index is 0.150. The predicted molar refractivity (Wildman–Crippen MR) is 90.1 cm³/mol. The molecule has 1 amide bonds. The van der Waals surface area contributed by atoms with Crippen LogP contribution in [-0.4, -0.2) is 17.0 Å². The summed E-state index contributed by atoms with van der Waals surface area (Å²) in [6, 6.07) is 16.6. The van der Waals surface area contributed by atoms with Gasteiger partial charge in [0.25, 0.3) is 0 Å². The molecule has 0 radical (unpaired) electrons. The van der Waals surface area contributed by atoms with Gasteiger partial charge in [0.1, 0.15) is 5.75 Å². The summed E-state index contributed by atoms with van der Waals surface area (Å²) in [7, 11) is 0. The largest absolute Gasteiger partial charge is 0.481 e. The van der Waals surface area contributed by atoms with Gasteiger partial charge in [-0.2, -0.15) is 0 Å². The summed E-state index contributed by atoms with van der Waals surface area (Å²) in [5, 5.41) is 11.9. The van der Waals surface area contributed by atoms with Crippen LogP contribution in [0.3, 0.4) is 0 Å². The Morgan fingerprint density at radius 2 is 1.62 bits per heavy atom. The van der Waals surface area contributed by atoms with Crippen molar-refractivity contribution in [3.05, 3.63) is 54.6 Å². The standard InChI is InChI=1S/C19H19NO4/c21-18(13-10-11-14(12-13)19(22)23)20-16-8-4-5-9-17(16)24-15-6-2-1-3-7-15/h1-9,13-14H,10-12H2,(H,20,21)(H,22,23)/t13-,14+/m0/s1. The van der Waals surface area contributed by atoms with Crippen molar-refractivity contribution < 1.29 is 19.4 Å². The fourth-order valence-corrected chi connectivity index (χ4v) is 2.95.